The van der Waals surface area contributed by atoms with Gasteiger partial charge >= 0.3 is 5.97 Å². The molecule has 0 saturated carbocycles. The van der Waals surface area contributed by atoms with Crippen molar-refractivity contribution >= 4 is 17.6 Å². The summed E-state index contributed by atoms with van der Waals surface area (Å²) in [5.41, 5.74) is 5.08. The summed E-state index contributed by atoms with van der Waals surface area (Å²) in [7, 11) is 0. The van der Waals surface area contributed by atoms with Crippen LogP contribution in [0.2, 0.25) is 0 Å². The zero-order valence-corrected chi connectivity index (χ0v) is 19.8. The number of nitrogens with one attached hydrogen (secondary N) is 1. The SMILES string of the molecule is Nc1c(C(=O)c2ccc(F)cc2)ccc(=O)n1-c1c(F)cc(CN[C@@H](Cc2ccccc2)C(=O)O)cc1F. The summed E-state index contributed by atoms with van der Waals surface area (Å²) >= 11 is 0. The number of carbonyl (C=O) groups excluding carboxylic acids is 1. The lowest BCUT2D eigenvalue weighted by Crippen LogP contribution is -2.38. The molecule has 0 saturated heterocycles. The summed E-state index contributed by atoms with van der Waals surface area (Å²) in [6, 6.07) is 16.4. The number of nitrogens with two attached hydrogens (primary N) is 1. The van der Waals surface area contributed by atoms with Crippen LogP contribution in [0, 0.1) is 17.5 Å². The van der Waals surface area contributed by atoms with E-state index in [1.54, 1.807) is 30.3 Å². The van der Waals surface area contributed by atoms with Crippen molar-refractivity contribution in [2.45, 2.75) is 19.0 Å². The molecule has 0 aliphatic carbocycles. The van der Waals surface area contributed by atoms with Gasteiger partial charge in [0.1, 0.15) is 23.4 Å². The Balaban J connectivity index is 1.62. The number of carboxylic acids is 1. The molecule has 194 valence electrons. The van der Waals surface area contributed by atoms with Crippen LogP contribution in [0.25, 0.3) is 5.69 Å². The van der Waals surface area contributed by atoms with Gasteiger partial charge in [-0.3, -0.25) is 19.0 Å². The Kier molecular flexibility index (Phi) is 7.73. The van der Waals surface area contributed by atoms with Gasteiger partial charge in [-0.1, -0.05) is 30.3 Å². The summed E-state index contributed by atoms with van der Waals surface area (Å²) in [5.74, 6) is -5.14. The van der Waals surface area contributed by atoms with E-state index in [0.29, 0.717) is 4.57 Å². The number of ketones is 1. The molecule has 0 aliphatic heterocycles. The van der Waals surface area contributed by atoms with Crippen LogP contribution < -0.4 is 16.6 Å². The molecule has 0 radical (unpaired) electrons. The zero-order valence-electron chi connectivity index (χ0n) is 19.8. The van der Waals surface area contributed by atoms with E-state index in [-0.39, 0.29) is 29.7 Å². The molecular weight excluding hydrogens is 499 g/mol. The van der Waals surface area contributed by atoms with Crippen LogP contribution in [0.15, 0.2) is 83.7 Å². The first-order valence-corrected chi connectivity index (χ1v) is 11.5. The predicted molar refractivity (Wildman–Crippen MR) is 135 cm³/mol. The van der Waals surface area contributed by atoms with Crippen LogP contribution >= 0.6 is 0 Å². The molecule has 4 N–H and O–H groups in total. The number of aromatic nitrogens is 1. The molecule has 0 spiro atoms. The van der Waals surface area contributed by atoms with Crippen molar-refractivity contribution in [2.24, 2.45) is 0 Å². The normalized spacial score (nSPS) is 11.8. The maximum Gasteiger partial charge on any atom is 0.321 e. The molecule has 0 unspecified atom stereocenters. The summed E-state index contributed by atoms with van der Waals surface area (Å²) in [5, 5.41) is 12.3. The number of rotatable bonds is 9. The van der Waals surface area contributed by atoms with E-state index in [2.05, 4.69) is 5.32 Å². The van der Waals surface area contributed by atoms with Crippen molar-refractivity contribution in [2.75, 3.05) is 5.73 Å². The molecule has 0 bridgehead atoms. The molecule has 10 heteroatoms. The highest BCUT2D eigenvalue weighted by Crippen LogP contribution is 2.24. The Morgan fingerprint density at radius 3 is 2.13 bits per heavy atom. The van der Waals surface area contributed by atoms with Crippen LogP contribution in [0.4, 0.5) is 19.0 Å². The number of anilines is 1. The maximum atomic E-state index is 15.2. The van der Waals surface area contributed by atoms with E-state index < -0.39 is 52.3 Å². The lowest BCUT2D eigenvalue weighted by molar-refractivity contribution is -0.139. The number of aliphatic carboxylic acids is 1. The number of hydrogen-bond donors (Lipinski definition) is 3. The van der Waals surface area contributed by atoms with Crippen molar-refractivity contribution in [3.63, 3.8) is 0 Å². The van der Waals surface area contributed by atoms with Crippen LogP contribution in [-0.4, -0.2) is 27.5 Å². The summed E-state index contributed by atoms with van der Waals surface area (Å²) < 4.78 is 44.1. The van der Waals surface area contributed by atoms with Gasteiger partial charge in [0, 0.05) is 18.2 Å². The summed E-state index contributed by atoms with van der Waals surface area (Å²) in [4.78, 5) is 37.1. The van der Waals surface area contributed by atoms with E-state index in [1.807, 2.05) is 0 Å². The molecule has 7 nitrogen and oxygen atoms in total. The molecule has 38 heavy (non-hydrogen) atoms. The van der Waals surface area contributed by atoms with Crippen molar-refractivity contribution < 1.29 is 27.9 Å². The van der Waals surface area contributed by atoms with Crippen molar-refractivity contribution in [1.82, 2.24) is 9.88 Å². The minimum atomic E-state index is -1.14. The lowest BCUT2D eigenvalue weighted by atomic mass is 10.0. The van der Waals surface area contributed by atoms with Crippen molar-refractivity contribution in [3.8, 4) is 5.69 Å². The molecule has 4 aromatic rings. The third-order valence-corrected chi connectivity index (χ3v) is 5.91. The van der Waals surface area contributed by atoms with Gasteiger partial charge < -0.3 is 16.2 Å². The third kappa shape index (κ3) is 5.65. The fourth-order valence-corrected chi connectivity index (χ4v) is 4.00. The van der Waals surface area contributed by atoms with E-state index in [1.165, 1.54) is 12.1 Å². The monoisotopic (exact) mass is 521 g/mol. The van der Waals surface area contributed by atoms with E-state index in [0.717, 1.165) is 42.0 Å². The second kappa shape index (κ2) is 11.1. The molecule has 1 atom stereocenters. The lowest BCUT2D eigenvalue weighted by Gasteiger charge is -2.17. The fourth-order valence-electron chi connectivity index (χ4n) is 4.00. The first kappa shape index (κ1) is 26.4. The minimum absolute atomic E-state index is 0.0640. The average molecular weight is 521 g/mol. The van der Waals surface area contributed by atoms with Gasteiger partial charge in [0.2, 0.25) is 0 Å². The number of pyridine rings is 1. The summed E-state index contributed by atoms with van der Waals surface area (Å²) in [6.45, 7) is -0.175. The second-order valence-corrected chi connectivity index (χ2v) is 8.51. The van der Waals surface area contributed by atoms with Crippen LogP contribution in [-0.2, 0) is 17.8 Å². The highest BCUT2D eigenvalue weighted by molar-refractivity contribution is 6.11. The van der Waals surface area contributed by atoms with Crippen LogP contribution in [0.1, 0.15) is 27.0 Å². The Morgan fingerprint density at radius 2 is 1.53 bits per heavy atom. The number of carbonyl (C=O) groups is 2. The number of benzene rings is 3. The first-order chi connectivity index (χ1) is 18.2. The standard InChI is InChI=1S/C28H22F3N3O4/c29-19-8-6-18(7-9-19)26(36)20-10-11-24(35)34(27(20)32)25-21(30)12-17(13-22(25)31)15-33-23(28(37)38)14-16-4-2-1-3-5-16/h1-13,23,33H,14-15,32H2,(H,37,38)/t23-/m0/s1. The minimum Gasteiger partial charge on any atom is -0.480 e. The van der Waals surface area contributed by atoms with E-state index in [4.69, 9.17) is 5.73 Å². The van der Waals surface area contributed by atoms with Gasteiger partial charge in [-0.25, -0.2) is 13.2 Å². The molecular formula is C28H22F3N3O4. The smallest absolute Gasteiger partial charge is 0.321 e. The van der Waals surface area contributed by atoms with Gasteiger partial charge in [-0.05, 0) is 60.0 Å². The molecule has 0 fully saturated rings. The Labute approximate surface area is 215 Å². The van der Waals surface area contributed by atoms with Gasteiger partial charge in [0.25, 0.3) is 5.56 Å². The number of carboxylic acid groups (broad SMARTS) is 1. The number of nitrogen functional groups attached to an aromatic ring is 1. The highest BCUT2D eigenvalue weighted by Gasteiger charge is 2.23. The predicted octanol–water partition coefficient (Wildman–Crippen LogP) is 3.85. The van der Waals surface area contributed by atoms with Crippen molar-refractivity contribution in [1.29, 1.82) is 0 Å². The highest BCUT2D eigenvalue weighted by atomic mass is 19.1. The van der Waals surface area contributed by atoms with Crippen LogP contribution in [0.3, 0.4) is 0 Å². The molecule has 0 aliphatic rings. The van der Waals surface area contributed by atoms with Crippen LogP contribution in [0.5, 0.6) is 0 Å². The van der Waals surface area contributed by atoms with E-state index >= 15 is 8.78 Å². The zero-order chi connectivity index (χ0) is 27.4. The first-order valence-electron chi connectivity index (χ1n) is 11.5. The third-order valence-electron chi connectivity index (χ3n) is 5.91. The molecule has 3 aromatic carbocycles. The quantitative estimate of drug-likeness (QED) is 0.288. The molecule has 4 rings (SSSR count). The maximum absolute atomic E-state index is 15.2. The molecule has 0 amide bonds. The second-order valence-electron chi connectivity index (χ2n) is 8.51. The number of nitrogens with zero attached hydrogens (tertiary/aromatic N) is 1. The Hall–Kier alpha value is -4.70. The van der Waals surface area contributed by atoms with Gasteiger partial charge in [0.15, 0.2) is 17.4 Å². The number of halogens is 3. The molecule has 1 heterocycles. The van der Waals surface area contributed by atoms with Gasteiger partial charge in [0.05, 0.1) is 5.56 Å². The summed E-state index contributed by atoms with van der Waals surface area (Å²) in [6.07, 6.45) is 0.153. The Morgan fingerprint density at radius 1 is 0.895 bits per heavy atom. The van der Waals surface area contributed by atoms with Gasteiger partial charge in [-0.2, -0.15) is 0 Å². The van der Waals surface area contributed by atoms with Gasteiger partial charge in [-0.15, -0.1) is 0 Å². The van der Waals surface area contributed by atoms with Crippen molar-refractivity contribution in [3.05, 3.63) is 129 Å². The Bertz CT molecular complexity index is 1530. The van der Waals surface area contributed by atoms with E-state index in [9.17, 15) is 23.9 Å². The molecule has 1 aromatic heterocycles. The largest absolute Gasteiger partial charge is 0.480 e. The average Bonchev–Trinajstić information content (AvgIpc) is 2.88. The fraction of sp³-hybridized carbons (Fsp3) is 0.107. The number of hydrogen-bond acceptors (Lipinski definition) is 5. The topological polar surface area (TPSA) is 114 Å².